The van der Waals surface area contributed by atoms with Gasteiger partial charge in [-0.2, -0.15) is 5.10 Å². The fraction of sp³-hybridized carbons (Fsp3) is 0.167. The van der Waals surface area contributed by atoms with Crippen molar-refractivity contribution in [2.75, 3.05) is 6.61 Å². The summed E-state index contributed by atoms with van der Waals surface area (Å²) < 4.78 is 19.6. The van der Waals surface area contributed by atoms with Crippen molar-refractivity contribution in [2.24, 2.45) is 0 Å². The molecule has 2 aromatic rings. The Labute approximate surface area is 137 Å². The molecule has 0 atom stereocenters. The second-order valence-electron chi connectivity index (χ2n) is 3.45. The first-order valence-electron chi connectivity index (χ1n) is 5.32. The Bertz CT molecular complexity index is 589. The number of para-hydroxylation sites is 1. The zero-order chi connectivity index (χ0) is 13.1. The number of ether oxygens (including phenoxy) is 1. The molecule has 19 heavy (non-hydrogen) atoms. The van der Waals surface area contributed by atoms with Crippen molar-refractivity contribution in [3.63, 3.8) is 0 Å². The molecule has 1 aromatic heterocycles. The number of hydrogen-bond donors (Lipinski definition) is 0. The third kappa shape index (κ3) is 3.54. The quantitative estimate of drug-likeness (QED) is 0.417. The number of carbonyl (C=O) groups is 1. The van der Waals surface area contributed by atoms with Gasteiger partial charge in [0, 0.05) is 0 Å². The van der Waals surface area contributed by atoms with E-state index in [9.17, 15) is 9.18 Å². The van der Waals surface area contributed by atoms with Gasteiger partial charge in [0.05, 0.1) is 12.3 Å². The summed E-state index contributed by atoms with van der Waals surface area (Å²) in [5.74, 6) is -1.03. The maximum Gasteiger partial charge on any atom is 1.00 e. The van der Waals surface area contributed by atoms with Crippen LogP contribution in [0, 0.1) is 5.82 Å². The maximum absolute atomic E-state index is 13.6. The van der Waals surface area contributed by atoms with E-state index in [0.29, 0.717) is 0 Å². The SMILES string of the molecule is CCOC(=O)c1cc([S-])n(-c2ccccc2F)n1.[Na+]. The molecule has 0 amide bonds. The Balaban J connectivity index is 0.00000180. The largest absolute Gasteiger partial charge is 1.00 e. The number of halogens is 1. The fourth-order valence-electron chi connectivity index (χ4n) is 1.46. The normalized spacial score (nSPS) is 9.79. The molecular formula is C12H10FN2NaO2S. The van der Waals surface area contributed by atoms with Crippen LogP contribution in [0.4, 0.5) is 4.39 Å². The summed E-state index contributed by atoms with van der Waals surface area (Å²) in [6.07, 6.45) is 0. The molecule has 2 rings (SSSR count). The van der Waals surface area contributed by atoms with Gasteiger partial charge in [-0.15, -0.1) is 0 Å². The number of benzene rings is 1. The Morgan fingerprint density at radius 2 is 2.16 bits per heavy atom. The molecule has 0 aliphatic heterocycles. The monoisotopic (exact) mass is 288 g/mol. The van der Waals surface area contributed by atoms with Crippen LogP contribution < -0.4 is 29.6 Å². The first-order valence-corrected chi connectivity index (χ1v) is 5.73. The van der Waals surface area contributed by atoms with Crippen molar-refractivity contribution in [3.8, 4) is 5.69 Å². The minimum atomic E-state index is -0.571. The second kappa shape index (κ2) is 7.00. The molecule has 0 radical (unpaired) electrons. The standard InChI is InChI=1S/C12H11FN2O2S.Na/c1-2-17-12(16)9-7-11(18)15(14-9)10-6-4-3-5-8(10)13;/h3-7,18H,2H2,1H3;/q;+1/p-1. The third-order valence-corrected chi connectivity index (χ3v) is 2.53. The van der Waals surface area contributed by atoms with Gasteiger partial charge in [-0.3, -0.25) is 4.68 Å². The van der Waals surface area contributed by atoms with Gasteiger partial charge in [0.1, 0.15) is 5.82 Å². The van der Waals surface area contributed by atoms with Crippen LogP contribution >= 0.6 is 0 Å². The van der Waals surface area contributed by atoms with E-state index in [0.717, 1.165) is 0 Å². The Kier molecular flexibility index (Phi) is 5.93. The third-order valence-electron chi connectivity index (χ3n) is 2.24. The Morgan fingerprint density at radius 3 is 2.79 bits per heavy atom. The van der Waals surface area contributed by atoms with Gasteiger partial charge in [-0.05, 0) is 25.1 Å². The van der Waals surface area contributed by atoms with E-state index < -0.39 is 11.8 Å². The molecule has 4 nitrogen and oxygen atoms in total. The van der Waals surface area contributed by atoms with Gasteiger partial charge in [0.15, 0.2) is 5.69 Å². The molecule has 0 saturated heterocycles. The number of aromatic nitrogens is 2. The van der Waals surface area contributed by atoms with Crippen LogP contribution in [0.5, 0.6) is 0 Å². The maximum atomic E-state index is 13.6. The summed E-state index contributed by atoms with van der Waals surface area (Å²) in [4.78, 5) is 11.5. The van der Waals surface area contributed by atoms with Crippen LogP contribution in [0.1, 0.15) is 17.4 Å². The van der Waals surface area contributed by atoms with Gasteiger partial charge >= 0.3 is 35.5 Å². The number of rotatable bonds is 3. The van der Waals surface area contributed by atoms with Crippen molar-refractivity contribution in [1.29, 1.82) is 0 Å². The van der Waals surface area contributed by atoms with Crippen molar-refractivity contribution < 1.29 is 43.5 Å². The average molecular weight is 288 g/mol. The van der Waals surface area contributed by atoms with Crippen molar-refractivity contribution in [1.82, 2.24) is 9.78 Å². The summed E-state index contributed by atoms with van der Waals surface area (Å²) in [6.45, 7) is 1.94. The first-order chi connectivity index (χ1) is 8.63. The van der Waals surface area contributed by atoms with Crippen LogP contribution in [0.2, 0.25) is 0 Å². The summed E-state index contributed by atoms with van der Waals surface area (Å²) >= 11 is 5.04. The minimum absolute atomic E-state index is 0. The molecule has 1 aromatic carbocycles. The zero-order valence-electron chi connectivity index (χ0n) is 10.6. The molecular weight excluding hydrogens is 278 g/mol. The van der Waals surface area contributed by atoms with Gasteiger partial charge in [-0.25, -0.2) is 9.18 Å². The molecule has 0 N–H and O–H groups in total. The van der Waals surface area contributed by atoms with E-state index in [-0.39, 0.29) is 52.6 Å². The molecule has 0 aliphatic carbocycles. The van der Waals surface area contributed by atoms with E-state index in [4.69, 9.17) is 17.4 Å². The van der Waals surface area contributed by atoms with E-state index in [2.05, 4.69) is 5.10 Å². The van der Waals surface area contributed by atoms with Gasteiger partial charge in [-0.1, -0.05) is 17.2 Å². The molecule has 94 valence electrons. The minimum Gasteiger partial charge on any atom is -0.760 e. The molecule has 0 bridgehead atoms. The average Bonchev–Trinajstić information content (AvgIpc) is 2.72. The van der Waals surface area contributed by atoms with Crippen molar-refractivity contribution >= 4 is 18.6 Å². The topological polar surface area (TPSA) is 44.1 Å². The van der Waals surface area contributed by atoms with E-state index in [1.54, 1.807) is 19.1 Å². The summed E-state index contributed by atoms with van der Waals surface area (Å²) in [7, 11) is 0. The molecule has 0 spiro atoms. The Hall–Kier alpha value is -0.950. The molecule has 0 aliphatic rings. The van der Waals surface area contributed by atoms with Crippen LogP contribution in [0.25, 0.3) is 5.69 Å². The fourth-order valence-corrected chi connectivity index (χ4v) is 1.72. The zero-order valence-corrected chi connectivity index (χ0v) is 13.4. The van der Waals surface area contributed by atoms with E-state index in [1.165, 1.54) is 22.9 Å². The van der Waals surface area contributed by atoms with E-state index in [1.807, 2.05) is 0 Å². The predicted molar refractivity (Wildman–Crippen MR) is 65.1 cm³/mol. The van der Waals surface area contributed by atoms with Gasteiger partial charge in [0.2, 0.25) is 0 Å². The van der Waals surface area contributed by atoms with Crippen LogP contribution in [-0.2, 0) is 17.4 Å². The molecule has 1 heterocycles. The first kappa shape index (κ1) is 16.1. The van der Waals surface area contributed by atoms with Crippen LogP contribution in [0.3, 0.4) is 0 Å². The number of esters is 1. The molecule has 0 fully saturated rings. The second-order valence-corrected chi connectivity index (χ2v) is 3.87. The number of hydrogen-bond acceptors (Lipinski definition) is 4. The summed E-state index contributed by atoms with van der Waals surface area (Å²) in [5, 5.41) is 4.21. The Morgan fingerprint density at radius 1 is 1.47 bits per heavy atom. The van der Waals surface area contributed by atoms with E-state index >= 15 is 0 Å². The van der Waals surface area contributed by atoms with Crippen LogP contribution in [-0.4, -0.2) is 22.4 Å². The van der Waals surface area contributed by atoms with Gasteiger partial charge in [0.25, 0.3) is 0 Å². The smallest absolute Gasteiger partial charge is 0.760 e. The van der Waals surface area contributed by atoms with Gasteiger partial charge < -0.3 is 17.4 Å². The van der Waals surface area contributed by atoms with Crippen molar-refractivity contribution in [3.05, 3.63) is 41.8 Å². The number of nitrogens with zero attached hydrogens (tertiary/aromatic N) is 2. The summed E-state index contributed by atoms with van der Waals surface area (Å²) in [6, 6.07) is 7.46. The predicted octanol–water partition coefficient (Wildman–Crippen LogP) is -0.902. The molecule has 0 saturated carbocycles. The number of carbonyl (C=O) groups excluding carboxylic acids is 1. The summed E-state index contributed by atoms with van der Waals surface area (Å²) in [5.41, 5.74) is 0.281. The van der Waals surface area contributed by atoms with Crippen LogP contribution in [0.15, 0.2) is 35.4 Å². The molecule has 7 heteroatoms. The van der Waals surface area contributed by atoms with Crippen molar-refractivity contribution in [2.45, 2.75) is 11.9 Å². The molecule has 0 unspecified atom stereocenters.